The van der Waals surface area contributed by atoms with Gasteiger partial charge in [0.25, 0.3) is 5.91 Å². The average molecular weight is 237 g/mol. The average Bonchev–Trinajstić information content (AvgIpc) is 2.28. The van der Waals surface area contributed by atoms with Crippen molar-refractivity contribution in [2.45, 2.75) is 26.3 Å². The molecule has 0 bridgehead atoms. The Morgan fingerprint density at radius 3 is 2.59 bits per heavy atom. The number of nitrogens with one attached hydrogen (secondary N) is 1. The van der Waals surface area contributed by atoms with Crippen molar-refractivity contribution in [2.75, 3.05) is 0 Å². The van der Waals surface area contributed by atoms with E-state index in [-0.39, 0.29) is 5.92 Å². The van der Waals surface area contributed by atoms with Crippen molar-refractivity contribution in [1.82, 2.24) is 15.5 Å². The lowest BCUT2D eigenvalue weighted by Gasteiger charge is -2.16. The highest BCUT2D eigenvalue weighted by atomic mass is 16.4. The van der Waals surface area contributed by atoms with Gasteiger partial charge in [-0.25, -0.2) is 4.79 Å². The molecule has 0 saturated heterocycles. The van der Waals surface area contributed by atoms with Crippen molar-refractivity contribution < 1.29 is 14.7 Å². The summed E-state index contributed by atoms with van der Waals surface area (Å²) < 4.78 is 0. The van der Waals surface area contributed by atoms with Gasteiger partial charge in [0.15, 0.2) is 0 Å². The molecule has 0 spiro atoms. The highest BCUT2D eigenvalue weighted by Crippen LogP contribution is 2.06. The maximum absolute atomic E-state index is 11.7. The Labute approximate surface area is 99.1 Å². The molecule has 2 N–H and O–H groups in total. The van der Waals surface area contributed by atoms with Crippen LogP contribution in [0.3, 0.4) is 0 Å². The number of carbonyl (C=O) groups is 2. The Kier molecular flexibility index (Phi) is 4.56. The number of aromatic nitrogens is 2. The Morgan fingerprint density at radius 1 is 1.41 bits per heavy atom. The van der Waals surface area contributed by atoms with Gasteiger partial charge in [0, 0.05) is 0 Å². The third kappa shape index (κ3) is 4.18. The van der Waals surface area contributed by atoms with Crippen molar-refractivity contribution in [3.05, 3.63) is 24.0 Å². The fourth-order valence-corrected chi connectivity index (χ4v) is 1.36. The predicted molar refractivity (Wildman–Crippen MR) is 60.4 cm³/mol. The normalized spacial score (nSPS) is 12.2. The molecule has 0 aliphatic heterocycles. The zero-order valence-electron chi connectivity index (χ0n) is 9.75. The molecule has 0 radical (unpaired) electrons. The molecular formula is C11H15N3O3. The van der Waals surface area contributed by atoms with E-state index in [0.29, 0.717) is 12.0 Å². The Bertz CT molecular complexity index is 392. The summed E-state index contributed by atoms with van der Waals surface area (Å²) in [4.78, 5) is 22.7. The van der Waals surface area contributed by atoms with Gasteiger partial charge < -0.3 is 10.4 Å². The minimum atomic E-state index is -1.03. The molecule has 1 amide bonds. The second kappa shape index (κ2) is 5.93. The topological polar surface area (TPSA) is 92.2 Å². The van der Waals surface area contributed by atoms with Crippen molar-refractivity contribution in [1.29, 1.82) is 0 Å². The number of hydrogen-bond donors (Lipinski definition) is 2. The van der Waals surface area contributed by atoms with Crippen LogP contribution in [0, 0.1) is 5.92 Å². The van der Waals surface area contributed by atoms with E-state index in [2.05, 4.69) is 15.5 Å². The highest BCUT2D eigenvalue weighted by Gasteiger charge is 2.21. The number of aliphatic carboxylic acids is 1. The second-order valence-electron chi connectivity index (χ2n) is 4.12. The number of amides is 1. The zero-order valence-corrected chi connectivity index (χ0v) is 9.75. The number of carbonyl (C=O) groups excluding carboxylic acids is 1. The first kappa shape index (κ1) is 13.1. The summed E-state index contributed by atoms with van der Waals surface area (Å²) in [6.07, 6.45) is 3.07. The van der Waals surface area contributed by atoms with E-state index < -0.39 is 17.9 Å². The molecule has 1 rings (SSSR count). The molecule has 1 atom stereocenters. The van der Waals surface area contributed by atoms with Gasteiger partial charge in [0.05, 0.1) is 18.0 Å². The fourth-order valence-electron chi connectivity index (χ4n) is 1.36. The summed E-state index contributed by atoms with van der Waals surface area (Å²) in [7, 11) is 0. The molecule has 6 heteroatoms. The van der Waals surface area contributed by atoms with Gasteiger partial charge in [-0.3, -0.25) is 4.79 Å². The summed E-state index contributed by atoms with van der Waals surface area (Å²) in [6.45, 7) is 3.80. The van der Waals surface area contributed by atoms with Gasteiger partial charge in [-0.2, -0.15) is 10.2 Å². The molecule has 0 aliphatic rings. The Morgan fingerprint density at radius 2 is 2.12 bits per heavy atom. The second-order valence-corrected chi connectivity index (χ2v) is 4.12. The molecule has 1 heterocycles. The van der Waals surface area contributed by atoms with E-state index >= 15 is 0 Å². The maximum atomic E-state index is 11.7. The molecule has 0 fully saturated rings. The van der Waals surface area contributed by atoms with Crippen LogP contribution in [-0.2, 0) is 4.79 Å². The molecule has 6 nitrogen and oxygen atoms in total. The van der Waals surface area contributed by atoms with E-state index in [9.17, 15) is 9.59 Å². The Balaban J connectivity index is 2.68. The molecule has 0 aromatic carbocycles. The summed E-state index contributed by atoms with van der Waals surface area (Å²) in [5, 5.41) is 18.5. The predicted octanol–water partition coefficient (Wildman–Crippen LogP) is 0.706. The van der Waals surface area contributed by atoms with Crippen molar-refractivity contribution in [2.24, 2.45) is 5.92 Å². The van der Waals surface area contributed by atoms with Crippen LogP contribution in [0.25, 0.3) is 0 Å². The van der Waals surface area contributed by atoms with Crippen LogP contribution in [-0.4, -0.2) is 33.2 Å². The zero-order chi connectivity index (χ0) is 12.8. The summed E-state index contributed by atoms with van der Waals surface area (Å²) >= 11 is 0. The first-order valence-electron chi connectivity index (χ1n) is 5.31. The first-order valence-corrected chi connectivity index (χ1v) is 5.31. The summed E-state index contributed by atoms with van der Waals surface area (Å²) in [5.74, 6) is -1.30. The van der Waals surface area contributed by atoms with Gasteiger partial charge in [-0.1, -0.05) is 13.8 Å². The summed E-state index contributed by atoms with van der Waals surface area (Å²) in [6, 6.07) is 0.604. The smallest absolute Gasteiger partial charge is 0.326 e. The molecule has 1 aromatic rings. The van der Waals surface area contributed by atoms with E-state index in [1.165, 1.54) is 18.5 Å². The summed E-state index contributed by atoms with van der Waals surface area (Å²) in [5.41, 5.74) is 0.301. The van der Waals surface area contributed by atoms with Gasteiger partial charge >= 0.3 is 5.97 Å². The maximum Gasteiger partial charge on any atom is 0.326 e. The van der Waals surface area contributed by atoms with Crippen LogP contribution in [0.2, 0.25) is 0 Å². The SMILES string of the molecule is CC(C)C[C@H](NC(=O)c1ccnnc1)C(=O)O. The molecule has 0 saturated carbocycles. The number of carboxylic acid groups (broad SMARTS) is 1. The lowest BCUT2D eigenvalue weighted by atomic mass is 10.0. The molecule has 17 heavy (non-hydrogen) atoms. The van der Waals surface area contributed by atoms with Crippen LogP contribution < -0.4 is 5.32 Å². The minimum absolute atomic E-state index is 0.187. The molecule has 1 aromatic heterocycles. The highest BCUT2D eigenvalue weighted by molar-refractivity contribution is 5.96. The number of rotatable bonds is 5. The van der Waals surface area contributed by atoms with Crippen LogP contribution in [0.4, 0.5) is 0 Å². The minimum Gasteiger partial charge on any atom is -0.480 e. The van der Waals surface area contributed by atoms with Gasteiger partial charge in [-0.15, -0.1) is 0 Å². The van der Waals surface area contributed by atoms with Crippen molar-refractivity contribution >= 4 is 11.9 Å². The third-order valence-corrected chi connectivity index (χ3v) is 2.16. The largest absolute Gasteiger partial charge is 0.480 e. The first-order chi connectivity index (χ1) is 8.00. The fraction of sp³-hybridized carbons (Fsp3) is 0.455. The number of carboxylic acids is 1. The van der Waals surface area contributed by atoms with E-state index in [1.54, 1.807) is 0 Å². The Hall–Kier alpha value is -1.98. The van der Waals surface area contributed by atoms with Gasteiger partial charge in [0.1, 0.15) is 6.04 Å². The van der Waals surface area contributed by atoms with Crippen molar-refractivity contribution in [3.63, 3.8) is 0 Å². The molecule has 0 unspecified atom stereocenters. The van der Waals surface area contributed by atoms with E-state index in [1.807, 2.05) is 13.8 Å². The molecule has 92 valence electrons. The lowest BCUT2D eigenvalue weighted by Crippen LogP contribution is -2.41. The van der Waals surface area contributed by atoms with Gasteiger partial charge in [-0.05, 0) is 18.4 Å². The monoisotopic (exact) mass is 237 g/mol. The van der Waals surface area contributed by atoms with Crippen LogP contribution >= 0.6 is 0 Å². The van der Waals surface area contributed by atoms with E-state index in [4.69, 9.17) is 5.11 Å². The number of nitrogens with zero attached hydrogens (tertiary/aromatic N) is 2. The van der Waals surface area contributed by atoms with Gasteiger partial charge in [0.2, 0.25) is 0 Å². The van der Waals surface area contributed by atoms with E-state index in [0.717, 1.165) is 0 Å². The number of hydrogen-bond acceptors (Lipinski definition) is 4. The van der Waals surface area contributed by atoms with Crippen LogP contribution in [0.1, 0.15) is 30.6 Å². The third-order valence-electron chi connectivity index (χ3n) is 2.16. The quantitative estimate of drug-likeness (QED) is 0.786. The van der Waals surface area contributed by atoms with Crippen LogP contribution in [0.15, 0.2) is 18.5 Å². The van der Waals surface area contributed by atoms with Crippen molar-refractivity contribution in [3.8, 4) is 0 Å². The standard InChI is InChI=1S/C11H15N3O3/c1-7(2)5-9(11(16)17)14-10(15)8-3-4-12-13-6-8/h3-4,6-7,9H,5H2,1-2H3,(H,14,15)(H,16,17)/t9-/m0/s1. The molecule has 0 aliphatic carbocycles. The van der Waals surface area contributed by atoms with Crippen LogP contribution in [0.5, 0.6) is 0 Å². The lowest BCUT2D eigenvalue weighted by molar-refractivity contribution is -0.139. The molecular weight excluding hydrogens is 222 g/mol.